The molecular weight excluding hydrogens is 354 g/mol. The molecule has 6 nitrogen and oxygen atoms in total. The van der Waals surface area contributed by atoms with Crippen molar-refractivity contribution in [2.45, 2.75) is 39.7 Å². The molecule has 6 heteroatoms. The number of fused-ring (bicyclic) bond motifs is 1. The monoisotopic (exact) mass is 377 g/mol. The van der Waals surface area contributed by atoms with Crippen LogP contribution in [0.3, 0.4) is 0 Å². The smallest absolute Gasteiger partial charge is 0.272 e. The molecule has 0 fully saturated rings. The minimum atomic E-state index is -0.436. The van der Waals surface area contributed by atoms with E-state index in [-0.39, 0.29) is 21.8 Å². The third-order valence-electron chi connectivity index (χ3n) is 5.48. The number of allylic oxidation sites excluding steroid dienone is 1. The number of hydrogen-bond donors (Lipinski definition) is 2. The Labute approximate surface area is 163 Å². The topological polar surface area (TPSA) is 84.3 Å². The predicted molar refractivity (Wildman–Crippen MR) is 109 cm³/mol. The number of nitro groups is 1. The van der Waals surface area contributed by atoms with E-state index in [0.29, 0.717) is 17.6 Å². The number of anilines is 2. The summed E-state index contributed by atoms with van der Waals surface area (Å²) in [5, 5.41) is 18.4. The van der Waals surface area contributed by atoms with Gasteiger partial charge in [-0.1, -0.05) is 38.1 Å². The van der Waals surface area contributed by atoms with Crippen LogP contribution in [0.2, 0.25) is 0 Å². The van der Waals surface area contributed by atoms with E-state index in [0.717, 1.165) is 29.1 Å². The highest BCUT2D eigenvalue weighted by atomic mass is 16.6. The molecule has 1 atom stereocenters. The van der Waals surface area contributed by atoms with Crippen LogP contribution in [0.5, 0.6) is 0 Å². The van der Waals surface area contributed by atoms with Crippen LogP contribution >= 0.6 is 0 Å². The molecule has 28 heavy (non-hydrogen) atoms. The molecule has 0 saturated carbocycles. The van der Waals surface area contributed by atoms with Gasteiger partial charge in [0, 0.05) is 29.3 Å². The van der Waals surface area contributed by atoms with Gasteiger partial charge < -0.3 is 10.6 Å². The van der Waals surface area contributed by atoms with Gasteiger partial charge in [-0.05, 0) is 36.5 Å². The quantitative estimate of drug-likeness (QED) is 0.560. The number of ketones is 1. The molecule has 2 aromatic carbocycles. The number of carbonyl (C=O) groups is 1. The highest BCUT2D eigenvalue weighted by Gasteiger charge is 2.39. The molecule has 144 valence electrons. The molecule has 0 radical (unpaired) electrons. The lowest BCUT2D eigenvalue weighted by Crippen LogP contribution is -2.31. The highest BCUT2D eigenvalue weighted by Crippen LogP contribution is 2.45. The zero-order chi connectivity index (χ0) is 20.1. The summed E-state index contributed by atoms with van der Waals surface area (Å²) < 4.78 is 0. The molecule has 1 unspecified atom stereocenters. The van der Waals surface area contributed by atoms with Crippen LogP contribution in [-0.2, 0) is 4.79 Å². The summed E-state index contributed by atoms with van der Waals surface area (Å²) >= 11 is 0. The number of nitro benzene ring substituents is 1. The van der Waals surface area contributed by atoms with E-state index < -0.39 is 6.04 Å². The molecule has 0 amide bonds. The number of hydrogen-bond acceptors (Lipinski definition) is 5. The van der Waals surface area contributed by atoms with Crippen LogP contribution in [0, 0.1) is 22.5 Å². The highest BCUT2D eigenvalue weighted by molar-refractivity contribution is 6.01. The van der Waals surface area contributed by atoms with E-state index in [1.165, 1.54) is 0 Å². The molecule has 2 N–H and O–H groups in total. The van der Waals surface area contributed by atoms with Gasteiger partial charge in [-0.2, -0.15) is 0 Å². The average molecular weight is 377 g/mol. The standard InChI is InChI=1S/C22H23N3O3/c1-13-8-9-14(10-18(13)25(27)28)21-20-17(11-22(2,3)12-19(20)26)23-15-6-4-5-7-16(15)24-21/h4-10,21,23-24H,11-12H2,1-3H3. The van der Waals surface area contributed by atoms with Crippen molar-refractivity contribution >= 4 is 22.8 Å². The number of aryl methyl sites for hydroxylation is 1. The lowest BCUT2D eigenvalue weighted by Gasteiger charge is -2.34. The fourth-order valence-electron chi connectivity index (χ4n) is 4.14. The zero-order valence-electron chi connectivity index (χ0n) is 16.2. The summed E-state index contributed by atoms with van der Waals surface area (Å²) in [6.45, 7) is 5.90. The van der Waals surface area contributed by atoms with Gasteiger partial charge in [0.05, 0.1) is 22.3 Å². The van der Waals surface area contributed by atoms with Crippen LogP contribution < -0.4 is 10.6 Å². The van der Waals surface area contributed by atoms with Crippen LogP contribution in [0.4, 0.5) is 17.1 Å². The Bertz CT molecular complexity index is 1020. The maximum Gasteiger partial charge on any atom is 0.272 e. The molecule has 0 aromatic heterocycles. The Balaban J connectivity index is 1.90. The Kier molecular flexibility index (Phi) is 4.22. The Morgan fingerprint density at radius 3 is 2.54 bits per heavy atom. The summed E-state index contributed by atoms with van der Waals surface area (Å²) in [5.74, 6) is 0.0762. The van der Waals surface area contributed by atoms with Gasteiger partial charge in [0.1, 0.15) is 0 Å². The molecule has 0 bridgehead atoms. The van der Waals surface area contributed by atoms with Crippen molar-refractivity contribution in [1.82, 2.24) is 0 Å². The first-order valence-electron chi connectivity index (χ1n) is 9.39. The van der Waals surface area contributed by atoms with Crippen molar-refractivity contribution < 1.29 is 9.72 Å². The number of nitrogens with zero attached hydrogens (tertiary/aromatic N) is 1. The molecule has 4 rings (SSSR count). The Hall–Kier alpha value is -3.15. The van der Waals surface area contributed by atoms with E-state index in [1.54, 1.807) is 19.1 Å². The molecule has 2 aromatic rings. The van der Waals surface area contributed by atoms with E-state index in [2.05, 4.69) is 24.5 Å². The van der Waals surface area contributed by atoms with Gasteiger partial charge in [0.2, 0.25) is 0 Å². The molecule has 2 aliphatic rings. The number of carbonyl (C=O) groups excluding carboxylic acids is 1. The number of nitrogens with one attached hydrogen (secondary N) is 2. The molecule has 0 saturated heterocycles. The first-order chi connectivity index (χ1) is 13.2. The van der Waals surface area contributed by atoms with Gasteiger partial charge in [-0.3, -0.25) is 14.9 Å². The first kappa shape index (κ1) is 18.2. The van der Waals surface area contributed by atoms with Crippen molar-refractivity contribution in [1.29, 1.82) is 0 Å². The van der Waals surface area contributed by atoms with Crippen molar-refractivity contribution in [3.63, 3.8) is 0 Å². The molecule has 0 spiro atoms. The molecular formula is C22H23N3O3. The average Bonchev–Trinajstić information content (AvgIpc) is 2.77. The lowest BCUT2D eigenvalue weighted by atomic mass is 9.73. The third-order valence-corrected chi connectivity index (χ3v) is 5.48. The Morgan fingerprint density at radius 1 is 1.11 bits per heavy atom. The molecule has 1 heterocycles. The second-order valence-corrected chi connectivity index (χ2v) is 8.38. The van der Waals surface area contributed by atoms with Gasteiger partial charge in [0.25, 0.3) is 5.69 Å². The van der Waals surface area contributed by atoms with Gasteiger partial charge in [-0.25, -0.2) is 0 Å². The summed E-state index contributed by atoms with van der Waals surface area (Å²) in [7, 11) is 0. The van der Waals surface area contributed by atoms with Gasteiger partial charge >= 0.3 is 0 Å². The second-order valence-electron chi connectivity index (χ2n) is 8.38. The predicted octanol–water partition coefficient (Wildman–Crippen LogP) is 5.13. The van der Waals surface area contributed by atoms with Crippen LogP contribution in [0.25, 0.3) is 0 Å². The summed E-state index contributed by atoms with van der Waals surface area (Å²) in [4.78, 5) is 24.2. The van der Waals surface area contributed by atoms with Crippen molar-refractivity contribution in [2.24, 2.45) is 5.41 Å². The van der Waals surface area contributed by atoms with Crippen molar-refractivity contribution in [3.05, 3.63) is 75.0 Å². The number of para-hydroxylation sites is 2. The van der Waals surface area contributed by atoms with E-state index in [9.17, 15) is 14.9 Å². The van der Waals surface area contributed by atoms with Crippen molar-refractivity contribution in [3.8, 4) is 0 Å². The number of rotatable bonds is 2. The van der Waals surface area contributed by atoms with Crippen LogP contribution in [0.1, 0.15) is 43.9 Å². The Morgan fingerprint density at radius 2 is 1.82 bits per heavy atom. The SMILES string of the molecule is Cc1ccc(C2Nc3ccccc3NC3=C2C(=O)CC(C)(C)C3)cc1[N+](=O)[O-]. The maximum atomic E-state index is 13.1. The summed E-state index contributed by atoms with van der Waals surface area (Å²) in [6, 6.07) is 12.6. The van der Waals surface area contributed by atoms with Crippen LogP contribution in [0.15, 0.2) is 53.7 Å². The van der Waals surface area contributed by atoms with Gasteiger partial charge in [0.15, 0.2) is 5.78 Å². The van der Waals surface area contributed by atoms with Crippen LogP contribution in [-0.4, -0.2) is 10.7 Å². The molecule has 1 aliphatic heterocycles. The fourth-order valence-corrected chi connectivity index (χ4v) is 4.14. The second kappa shape index (κ2) is 6.48. The van der Waals surface area contributed by atoms with Gasteiger partial charge in [-0.15, -0.1) is 0 Å². The molecule has 1 aliphatic carbocycles. The lowest BCUT2D eigenvalue weighted by molar-refractivity contribution is -0.385. The maximum absolute atomic E-state index is 13.1. The largest absolute Gasteiger partial charge is 0.372 e. The third kappa shape index (κ3) is 3.15. The summed E-state index contributed by atoms with van der Waals surface area (Å²) in [6.07, 6.45) is 1.20. The normalized spacial score (nSPS) is 20.4. The fraction of sp³-hybridized carbons (Fsp3) is 0.318. The minimum absolute atomic E-state index is 0.0653. The number of benzene rings is 2. The zero-order valence-corrected chi connectivity index (χ0v) is 16.2. The number of Topliss-reactive ketones (excluding diaryl/α,β-unsaturated/α-hetero) is 1. The van der Waals surface area contributed by atoms with E-state index >= 15 is 0 Å². The first-order valence-corrected chi connectivity index (χ1v) is 9.39. The summed E-state index contributed by atoms with van der Waals surface area (Å²) in [5.41, 5.74) is 4.60. The van der Waals surface area contributed by atoms with E-state index in [4.69, 9.17) is 0 Å². The minimum Gasteiger partial charge on any atom is -0.372 e. The van der Waals surface area contributed by atoms with E-state index in [1.807, 2.05) is 30.3 Å². The van der Waals surface area contributed by atoms with Crippen molar-refractivity contribution in [2.75, 3.05) is 10.6 Å².